The Morgan fingerprint density at radius 1 is 0.909 bits per heavy atom. The van der Waals surface area contributed by atoms with E-state index in [0.29, 0.717) is 38.7 Å². The predicted octanol–water partition coefficient (Wildman–Crippen LogP) is 4.55. The van der Waals surface area contributed by atoms with Gasteiger partial charge in [0.05, 0.1) is 31.0 Å². The highest BCUT2D eigenvalue weighted by Gasteiger charge is 2.24. The second-order valence-corrected chi connectivity index (χ2v) is 11.1. The lowest BCUT2D eigenvalue weighted by atomic mass is 9.94. The van der Waals surface area contributed by atoms with Gasteiger partial charge in [-0.15, -0.1) is 0 Å². The van der Waals surface area contributed by atoms with Crippen LogP contribution in [0, 0.1) is 11.8 Å². The normalized spacial score (nSPS) is 18.5. The van der Waals surface area contributed by atoms with E-state index in [9.17, 15) is 19.5 Å². The summed E-state index contributed by atoms with van der Waals surface area (Å²) in [5.41, 5.74) is 3.10. The number of carbonyl (C=O) groups is 3. The van der Waals surface area contributed by atoms with Crippen molar-refractivity contribution in [3.8, 4) is 5.75 Å². The van der Waals surface area contributed by atoms with Gasteiger partial charge in [0, 0.05) is 6.42 Å². The summed E-state index contributed by atoms with van der Waals surface area (Å²) in [4.78, 5) is 38.6. The lowest BCUT2D eigenvalue weighted by Gasteiger charge is -2.20. The van der Waals surface area contributed by atoms with Crippen molar-refractivity contribution in [3.05, 3.63) is 114 Å². The van der Waals surface area contributed by atoms with Gasteiger partial charge in [-0.3, -0.25) is 14.4 Å². The number of ether oxygens (including phenoxy) is 2. The van der Waals surface area contributed by atoms with E-state index < -0.39 is 12.0 Å². The Morgan fingerprint density at radius 3 is 2.32 bits per heavy atom. The fourth-order valence-corrected chi connectivity index (χ4v) is 5.17. The van der Waals surface area contributed by atoms with Gasteiger partial charge in [-0.25, -0.2) is 0 Å². The van der Waals surface area contributed by atoms with Crippen molar-refractivity contribution in [2.45, 2.75) is 51.2 Å². The quantitative estimate of drug-likeness (QED) is 0.221. The molecule has 0 saturated heterocycles. The highest BCUT2D eigenvalue weighted by atomic mass is 16.5. The number of allylic oxidation sites excluding steroid dienone is 2. The summed E-state index contributed by atoms with van der Waals surface area (Å²) in [7, 11) is 0. The molecule has 44 heavy (non-hydrogen) atoms. The second kappa shape index (κ2) is 17.6. The van der Waals surface area contributed by atoms with Crippen LogP contribution >= 0.6 is 0 Å². The molecule has 1 aliphatic rings. The van der Waals surface area contributed by atoms with E-state index >= 15 is 0 Å². The van der Waals surface area contributed by atoms with Gasteiger partial charge in [0.25, 0.3) is 0 Å². The molecular formula is C36H42N2O6. The summed E-state index contributed by atoms with van der Waals surface area (Å²) in [6.45, 7) is 0.489. The van der Waals surface area contributed by atoms with Crippen LogP contribution in [0.25, 0.3) is 0 Å². The molecule has 0 aliphatic carbocycles. The zero-order valence-electron chi connectivity index (χ0n) is 25.0. The average molecular weight is 599 g/mol. The molecule has 232 valence electrons. The molecule has 3 aromatic carbocycles. The topological polar surface area (TPSA) is 114 Å². The number of cyclic esters (lactones) is 1. The molecule has 0 radical (unpaired) electrons. The van der Waals surface area contributed by atoms with Gasteiger partial charge in [0.2, 0.25) is 11.8 Å². The van der Waals surface area contributed by atoms with Crippen molar-refractivity contribution in [2.75, 3.05) is 19.8 Å². The first-order chi connectivity index (χ1) is 21.5. The number of nitrogens with one attached hydrogen (secondary N) is 2. The Balaban J connectivity index is 1.27. The number of esters is 1. The highest BCUT2D eigenvalue weighted by molar-refractivity contribution is 5.86. The van der Waals surface area contributed by atoms with Crippen LogP contribution in [0.3, 0.4) is 0 Å². The number of benzene rings is 3. The van der Waals surface area contributed by atoms with Gasteiger partial charge in [-0.05, 0) is 60.9 Å². The molecule has 3 atom stereocenters. The molecule has 0 spiro atoms. The van der Waals surface area contributed by atoms with E-state index in [4.69, 9.17) is 9.47 Å². The summed E-state index contributed by atoms with van der Waals surface area (Å²) in [5, 5.41) is 15.6. The van der Waals surface area contributed by atoms with Gasteiger partial charge < -0.3 is 25.2 Å². The summed E-state index contributed by atoms with van der Waals surface area (Å²) >= 11 is 0. The van der Waals surface area contributed by atoms with Crippen LogP contribution in [0.1, 0.15) is 42.4 Å². The van der Waals surface area contributed by atoms with E-state index in [-0.39, 0.29) is 49.9 Å². The minimum atomic E-state index is -0.580. The van der Waals surface area contributed by atoms with Gasteiger partial charge in [-0.1, -0.05) is 84.9 Å². The third kappa shape index (κ3) is 11.0. The van der Waals surface area contributed by atoms with Gasteiger partial charge in [-0.2, -0.15) is 0 Å². The fraction of sp³-hybridized carbons (Fsp3) is 0.361. The van der Waals surface area contributed by atoms with Crippen LogP contribution in [-0.2, 0) is 38.6 Å². The number of carbonyl (C=O) groups excluding carboxylic acids is 3. The number of amides is 2. The Kier molecular flexibility index (Phi) is 13.0. The minimum absolute atomic E-state index is 0.0185. The zero-order valence-corrected chi connectivity index (χ0v) is 25.0. The number of aliphatic hydroxyl groups is 1. The first-order valence-corrected chi connectivity index (χ1v) is 15.3. The van der Waals surface area contributed by atoms with Crippen LogP contribution in [0.2, 0.25) is 0 Å². The molecule has 2 amide bonds. The average Bonchev–Trinajstić information content (AvgIpc) is 3.06. The Labute approximate surface area is 259 Å². The van der Waals surface area contributed by atoms with Crippen LogP contribution in [-0.4, -0.2) is 48.7 Å². The van der Waals surface area contributed by atoms with Crippen molar-refractivity contribution in [2.24, 2.45) is 11.8 Å². The molecule has 3 N–H and O–H groups in total. The van der Waals surface area contributed by atoms with E-state index in [2.05, 4.69) is 10.6 Å². The van der Waals surface area contributed by atoms with E-state index in [1.54, 1.807) is 0 Å². The molecule has 0 saturated carbocycles. The largest absolute Gasteiger partial charge is 0.489 e. The molecule has 0 bridgehead atoms. The molecule has 1 aliphatic heterocycles. The van der Waals surface area contributed by atoms with Crippen LogP contribution < -0.4 is 15.4 Å². The predicted molar refractivity (Wildman–Crippen MR) is 169 cm³/mol. The Bertz CT molecular complexity index is 1340. The molecule has 8 heteroatoms. The van der Waals surface area contributed by atoms with Crippen molar-refractivity contribution < 1.29 is 29.0 Å². The number of hydrogen-bond donors (Lipinski definition) is 3. The van der Waals surface area contributed by atoms with Crippen molar-refractivity contribution in [3.63, 3.8) is 0 Å². The molecule has 4 rings (SSSR count). The monoisotopic (exact) mass is 598 g/mol. The summed E-state index contributed by atoms with van der Waals surface area (Å²) in [6.07, 6.45) is 6.58. The fourth-order valence-electron chi connectivity index (χ4n) is 5.17. The lowest BCUT2D eigenvalue weighted by molar-refractivity contribution is -0.149. The molecule has 0 aromatic heterocycles. The number of rotatable bonds is 11. The maximum atomic E-state index is 13.0. The van der Waals surface area contributed by atoms with Crippen molar-refractivity contribution in [1.82, 2.24) is 10.6 Å². The smallest absolute Gasteiger partial charge is 0.309 e. The van der Waals surface area contributed by atoms with Crippen LogP contribution in [0.5, 0.6) is 5.75 Å². The van der Waals surface area contributed by atoms with Gasteiger partial charge in [0.1, 0.15) is 19.0 Å². The molecule has 8 nitrogen and oxygen atoms in total. The third-order valence-electron chi connectivity index (χ3n) is 7.61. The summed E-state index contributed by atoms with van der Waals surface area (Å²) < 4.78 is 11.3. The number of aliphatic hydroxyl groups excluding tert-OH is 1. The standard InChI is InChI=1S/C36H42N2O6/c39-25-32(23-28-16-18-33(19-17-28)44-26-29-12-6-2-7-13-29)38-34(40)24-30-14-8-3-9-15-31(22-27-10-4-1-5-11-27)36(42)43-21-20-37-35(30)41/h1-8,10-13,16-19,30-32,39H,9,14-15,20-26H2,(H,37,41)(H,38,40). The SMILES string of the molecule is O=C(CC1CC=CCCC(Cc2ccccc2)C(=O)OCCNC1=O)NC(CO)Cc1ccc(OCc2ccccc2)cc1. The van der Waals surface area contributed by atoms with E-state index in [1.165, 1.54) is 0 Å². The molecule has 1 heterocycles. The Hall–Kier alpha value is -4.43. The minimum Gasteiger partial charge on any atom is -0.489 e. The van der Waals surface area contributed by atoms with Crippen LogP contribution in [0.4, 0.5) is 0 Å². The molecule has 3 unspecified atom stereocenters. The molecule has 3 aromatic rings. The summed E-state index contributed by atoms with van der Waals surface area (Å²) in [6, 6.07) is 26.9. The third-order valence-corrected chi connectivity index (χ3v) is 7.61. The number of hydrogen-bond acceptors (Lipinski definition) is 6. The van der Waals surface area contributed by atoms with Crippen molar-refractivity contribution >= 4 is 17.8 Å². The maximum absolute atomic E-state index is 13.0. The van der Waals surface area contributed by atoms with Crippen molar-refractivity contribution in [1.29, 1.82) is 0 Å². The second-order valence-electron chi connectivity index (χ2n) is 11.1. The van der Waals surface area contributed by atoms with Gasteiger partial charge >= 0.3 is 5.97 Å². The van der Waals surface area contributed by atoms with E-state index in [0.717, 1.165) is 22.4 Å². The Morgan fingerprint density at radius 2 is 1.61 bits per heavy atom. The molecule has 0 fully saturated rings. The summed E-state index contributed by atoms with van der Waals surface area (Å²) in [5.74, 6) is -0.958. The van der Waals surface area contributed by atoms with Crippen LogP contribution in [0.15, 0.2) is 97.1 Å². The first kappa shape index (κ1) is 32.5. The van der Waals surface area contributed by atoms with Gasteiger partial charge in [0.15, 0.2) is 0 Å². The highest BCUT2D eigenvalue weighted by Crippen LogP contribution is 2.19. The molecular weight excluding hydrogens is 556 g/mol. The zero-order chi connectivity index (χ0) is 31.0. The first-order valence-electron chi connectivity index (χ1n) is 15.3. The lowest BCUT2D eigenvalue weighted by Crippen LogP contribution is -2.42. The van der Waals surface area contributed by atoms with E-state index in [1.807, 2.05) is 97.1 Å². The maximum Gasteiger partial charge on any atom is 0.309 e.